The lowest BCUT2D eigenvalue weighted by atomic mass is 9.63. The molecule has 0 aromatic rings. The lowest BCUT2D eigenvalue weighted by Crippen LogP contribution is -2.43. The van der Waals surface area contributed by atoms with Gasteiger partial charge in [-0.05, 0) is 57.2 Å². The third-order valence-corrected chi connectivity index (χ3v) is 4.05. The van der Waals surface area contributed by atoms with Crippen LogP contribution >= 0.6 is 0 Å². The summed E-state index contributed by atoms with van der Waals surface area (Å²) >= 11 is 0. The molecule has 0 unspecified atom stereocenters. The van der Waals surface area contributed by atoms with Gasteiger partial charge in [-0.1, -0.05) is 12.5 Å². The van der Waals surface area contributed by atoms with E-state index in [1.165, 1.54) is 45.2 Å². The van der Waals surface area contributed by atoms with E-state index in [0.717, 1.165) is 12.0 Å². The molecule has 1 saturated heterocycles. The van der Waals surface area contributed by atoms with Crippen LogP contribution in [-0.4, -0.2) is 30.3 Å². The first-order chi connectivity index (χ1) is 7.20. The van der Waals surface area contributed by atoms with Crippen LogP contribution in [0.25, 0.3) is 0 Å². The van der Waals surface area contributed by atoms with Gasteiger partial charge < -0.3 is 0 Å². The van der Waals surface area contributed by atoms with Crippen molar-refractivity contribution >= 4 is 5.78 Å². The summed E-state index contributed by atoms with van der Waals surface area (Å²) in [5.74, 6) is 0.155. The highest BCUT2D eigenvalue weighted by Gasteiger charge is 2.39. The normalized spacial score (nSPS) is 25.7. The fourth-order valence-electron chi connectivity index (χ4n) is 2.75. The van der Waals surface area contributed by atoms with Crippen LogP contribution in [-0.2, 0) is 4.79 Å². The Morgan fingerprint density at radius 3 is 2.40 bits per heavy atom. The Labute approximate surface area is 92.3 Å². The lowest BCUT2D eigenvalue weighted by Gasteiger charge is -2.47. The second-order valence-electron chi connectivity index (χ2n) is 5.17. The van der Waals surface area contributed by atoms with E-state index in [1.54, 1.807) is 13.0 Å². The first kappa shape index (κ1) is 10.9. The first-order valence-electron chi connectivity index (χ1n) is 6.10. The molecule has 2 nitrogen and oxygen atoms in total. The summed E-state index contributed by atoms with van der Waals surface area (Å²) < 4.78 is 0. The molecular weight excluding hydrogens is 186 g/mol. The Morgan fingerprint density at radius 1 is 1.27 bits per heavy atom. The monoisotopic (exact) mass is 207 g/mol. The van der Waals surface area contributed by atoms with Crippen LogP contribution in [0.3, 0.4) is 0 Å². The number of likely N-dealkylation sites (tertiary alicyclic amines) is 1. The zero-order valence-electron chi connectivity index (χ0n) is 9.67. The van der Waals surface area contributed by atoms with Crippen LogP contribution in [0.2, 0.25) is 0 Å². The van der Waals surface area contributed by atoms with Crippen molar-refractivity contribution in [1.82, 2.24) is 4.90 Å². The summed E-state index contributed by atoms with van der Waals surface area (Å²) in [6, 6.07) is 0. The molecule has 0 aromatic carbocycles. The number of piperidine rings is 1. The Bertz CT molecular complexity index is 256. The maximum Gasteiger partial charge on any atom is 0.152 e. The smallest absolute Gasteiger partial charge is 0.152 e. The van der Waals surface area contributed by atoms with Crippen molar-refractivity contribution in [2.75, 3.05) is 19.6 Å². The molecule has 1 aliphatic carbocycles. The first-order valence-corrected chi connectivity index (χ1v) is 6.10. The molecule has 2 heteroatoms. The summed E-state index contributed by atoms with van der Waals surface area (Å²) in [4.78, 5) is 13.2. The van der Waals surface area contributed by atoms with E-state index in [4.69, 9.17) is 0 Å². The predicted molar refractivity (Wildman–Crippen MR) is 61.8 cm³/mol. The molecule has 0 N–H and O–H groups in total. The molecule has 0 aromatic heterocycles. The van der Waals surface area contributed by atoms with E-state index in [-0.39, 0.29) is 5.78 Å². The minimum Gasteiger partial charge on any atom is -0.300 e. The second-order valence-corrected chi connectivity index (χ2v) is 5.17. The molecule has 0 bridgehead atoms. The largest absolute Gasteiger partial charge is 0.300 e. The van der Waals surface area contributed by atoms with Crippen LogP contribution in [0.1, 0.15) is 39.0 Å². The van der Waals surface area contributed by atoms with Gasteiger partial charge in [0.15, 0.2) is 5.78 Å². The molecule has 2 aliphatic rings. The van der Waals surface area contributed by atoms with Crippen LogP contribution in [0.15, 0.2) is 12.2 Å². The molecule has 1 spiro atoms. The fourth-order valence-corrected chi connectivity index (χ4v) is 2.75. The third kappa shape index (κ3) is 2.69. The highest BCUT2D eigenvalue weighted by molar-refractivity contribution is 5.87. The van der Waals surface area contributed by atoms with E-state index in [9.17, 15) is 4.79 Å². The van der Waals surface area contributed by atoms with Crippen LogP contribution in [0.5, 0.6) is 0 Å². The Balaban J connectivity index is 1.71. The van der Waals surface area contributed by atoms with E-state index in [0.29, 0.717) is 0 Å². The molecule has 0 atom stereocenters. The van der Waals surface area contributed by atoms with Gasteiger partial charge in [0.1, 0.15) is 0 Å². The fraction of sp³-hybridized carbons (Fsp3) is 0.769. The quantitative estimate of drug-likeness (QED) is 0.662. The van der Waals surface area contributed by atoms with E-state index in [1.807, 2.05) is 6.08 Å². The highest BCUT2D eigenvalue weighted by Crippen LogP contribution is 2.48. The van der Waals surface area contributed by atoms with E-state index >= 15 is 0 Å². The molecule has 0 radical (unpaired) electrons. The minimum absolute atomic E-state index is 0.155. The van der Waals surface area contributed by atoms with Crippen LogP contribution < -0.4 is 0 Å². The van der Waals surface area contributed by atoms with Gasteiger partial charge in [-0.15, -0.1) is 0 Å². The number of rotatable bonds is 3. The topological polar surface area (TPSA) is 20.3 Å². The number of hydrogen-bond donors (Lipinski definition) is 0. The summed E-state index contributed by atoms with van der Waals surface area (Å²) in [6.07, 6.45) is 10.8. The molecule has 1 saturated carbocycles. The van der Waals surface area contributed by atoms with Crippen molar-refractivity contribution in [2.45, 2.75) is 39.0 Å². The molecule has 2 rings (SSSR count). The maximum absolute atomic E-state index is 10.7. The number of carbonyl (C=O) groups is 1. The van der Waals surface area contributed by atoms with Crippen molar-refractivity contribution in [2.24, 2.45) is 5.41 Å². The molecular formula is C13H21NO. The Morgan fingerprint density at radius 2 is 1.93 bits per heavy atom. The van der Waals surface area contributed by atoms with Gasteiger partial charge in [0, 0.05) is 6.54 Å². The second kappa shape index (κ2) is 4.48. The van der Waals surface area contributed by atoms with E-state index < -0.39 is 0 Å². The summed E-state index contributed by atoms with van der Waals surface area (Å²) in [5.41, 5.74) is 0.737. The van der Waals surface area contributed by atoms with Crippen molar-refractivity contribution < 1.29 is 4.79 Å². The number of allylic oxidation sites excluding steroid dienone is 1. The minimum atomic E-state index is 0.155. The van der Waals surface area contributed by atoms with Crippen molar-refractivity contribution in [1.29, 1.82) is 0 Å². The van der Waals surface area contributed by atoms with Gasteiger partial charge in [-0.3, -0.25) is 9.69 Å². The number of hydrogen-bond acceptors (Lipinski definition) is 2. The maximum atomic E-state index is 10.7. The van der Waals surface area contributed by atoms with Gasteiger partial charge in [0.25, 0.3) is 0 Å². The zero-order valence-corrected chi connectivity index (χ0v) is 9.67. The van der Waals surface area contributed by atoms with Crippen LogP contribution in [0.4, 0.5) is 0 Å². The van der Waals surface area contributed by atoms with Gasteiger partial charge in [-0.2, -0.15) is 0 Å². The number of carbonyl (C=O) groups excluding carboxylic acids is 1. The van der Waals surface area contributed by atoms with Gasteiger partial charge >= 0.3 is 0 Å². The Kier molecular flexibility index (Phi) is 3.25. The third-order valence-electron chi connectivity index (χ3n) is 4.05. The average Bonchev–Trinajstić information content (AvgIpc) is 2.16. The zero-order chi connectivity index (χ0) is 10.7. The standard InChI is InChI=1S/C13H21NO/c1-12(15)4-2-9-14-10-7-13(8-11-14)5-3-6-13/h2,4H,3,5-11H2,1H3/b4-2+. The lowest BCUT2D eigenvalue weighted by molar-refractivity contribution is -0.112. The van der Waals surface area contributed by atoms with E-state index in [2.05, 4.69) is 4.90 Å². The molecule has 84 valence electrons. The summed E-state index contributed by atoms with van der Waals surface area (Å²) in [6.45, 7) is 5.01. The number of nitrogens with zero attached hydrogens (tertiary/aromatic N) is 1. The predicted octanol–water partition coefficient (Wildman–Crippen LogP) is 2.40. The SMILES string of the molecule is CC(=O)/C=C/CN1CCC2(CCC2)CC1. The molecule has 0 amide bonds. The average molecular weight is 207 g/mol. The van der Waals surface area contributed by atoms with Crippen molar-refractivity contribution in [3.63, 3.8) is 0 Å². The molecule has 15 heavy (non-hydrogen) atoms. The van der Waals surface area contributed by atoms with Gasteiger partial charge in [0.05, 0.1) is 0 Å². The molecule has 2 fully saturated rings. The van der Waals surface area contributed by atoms with Crippen LogP contribution in [0, 0.1) is 5.41 Å². The Hall–Kier alpha value is -0.630. The van der Waals surface area contributed by atoms with Crippen molar-refractivity contribution in [3.8, 4) is 0 Å². The van der Waals surface area contributed by atoms with Crippen molar-refractivity contribution in [3.05, 3.63) is 12.2 Å². The van der Waals surface area contributed by atoms with Gasteiger partial charge in [-0.25, -0.2) is 0 Å². The summed E-state index contributed by atoms with van der Waals surface area (Å²) in [7, 11) is 0. The van der Waals surface area contributed by atoms with Gasteiger partial charge in [0.2, 0.25) is 0 Å². The summed E-state index contributed by atoms with van der Waals surface area (Å²) in [5, 5.41) is 0. The molecule has 1 heterocycles. The molecule has 1 aliphatic heterocycles. The highest BCUT2D eigenvalue weighted by atomic mass is 16.1. The number of ketones is 1.